The molecule has 0 N–H and O–H groups in total. The summed E-state index contributed by atoms with van der Waals surface area (Å²) < 4.78 is 9.96. The van der Waals surface area contributed by atoms with E-state index in [1.54, 1.807) is 0 Å². The molecule has 0 fully saturated rings. The van der Waals surface area contributed by atoms with Crippen molar-refractivity contribution in [3.05, 3.63) is 0 Å². The number of rotatable bonds is 5. The standard InChI is InChI=1S/C5H12O3Si.Na.H/c1-3-7-9(5-6)8-4-2;;/h5,9H,3-4H2,1-2H3;;/q;+1;-1. The van der Waals surface area contributed by atoms with E-state index >= 15 is 0 Å². The molecule has 5 heteroatoms. The van der Waals surface area contributed by atoms with E-state index in [2.05, 4.69) is 0 Å². The molecule has 0 radical (unpaired) electrons. The molecule has 0 aromatic carbocycles. The van der Waals surface area contributed by atoms with Crippen LogP contribution in [0.1, 0.15) is 15.3 Å². The Morgan fingerprint density at radius 1 is 1.40 bits per heavy atom. The summed E-state index contributed by atoms with van der Waals surface area (Å²) in [4.78, 5) is 10.1. The predicted molar refractivity (Wildman–Crippen MR) is 38.3 cm³/mol. The molecule has 0 heterocycles. The summed E-state index contributed by atoms with van der Waals surface area (Å²) in [5.74, 6) is 0.785. The molecule has 0 aromatic heterocycles. The van der Waals surface area contributed by atoms with E-state index in [-0.39, 0.29) is 31.0 Å². The van der Waals surface area contributed by atoms with Crippen LogP contribution in [0.5, 0.6) is 0 Å². The van der Waals surface area contributed by atoms with Crippen molar-refractivity contribution in [3.8, 4) is 0 Å². The van der Waals surface area contributed by atoms with Crippen LogP contribution in [0.2, 0.25) is 0 Å². The number of carbonyl (C=O) groups is 1. The Morgan fingerprint density at radius 2 is 1.80 bits per heavy atom. The number of hydrogen-bond acceptors (Lipinski definition) is 3. The Kier molecular flexibility index (Phi) is 13.1. The van der Waals surface area contributed by atoms with E-state index in [1.807, 2.05) is 13.8 Å². The number of carbonyl (C=O) groups excluding carboxylic acids is 1. The Hall–Kier alpha value is 0.807. The topological polar surface area (TPSA) is 35.5 Å². The van der Waals surface area contributed by atoms with Crippen molar-refractivity contribution in [2.45, 2.75) is 13.8 Å². The van der Waals surface area contributed by atoms with Crippen molar-refractivity contribution in [2.24, 2.45) is 0 Å². The minimum absolute atomic E-state index is 0. The Labute approximate surface area is 86.7 Å². The molecule has 0 aliphatic heterocycles. The monoisotopic (exact) mass is 172 g/mol. The third kappa shape index (κ3) is 6.92. The minimum atomic E-state index is -1.89. The van der Waals surface area contributed by atoms with Gasteiger partial charge in [-0.15, -0.1) is 0 Å². The first-order chi connectivity index (χ1) is 4.35. The van der Waals surface area contributed by atoms with Gasteiger partial charge >= 0.3 is 38.8 Å². The second-order valence-corrected chi connectivity index (χ2v) is 3.09. The van der Waals surface area contributed by atoms with Gasteiger partial charge in [-0.3, -0.25) is 0 Å². The molecule has 0 rings (SSSR count). The van der Waals surface area contributed by atoms with Crippen LogP contribution >= 0.6 is 0 Å². The van der Waals surface area contributed by atoms with E-state index in [4.69, 9.17) is 8.85 Å². The van der Waals surface area contributed by atoms with Gasteiger partial charge in [0.2, 0.25) is 0 Å². The van der Waals surface area contributed by atoms with Gasteiger partial charge in [-0.25, -0.2) is 0 Å². The first kappa shape index (κ1) is 13.4. The van der Waals surface area contributed by atoms with E-state index in [0.29, 0.717) is 13.2 Å². The maximum Gasteiger partial charge on any atom is 1.00 e. The zero-order chi connectivity index (χ0) is 7.11. The smallest absolute Gasteiger partial charge is 1.00 e. The van der Waals surface area contributed by atoms with Gasteiger partial charge in [-0.2, -0.15) is 0 Å². The maximum atomic E-state index is 10.1. The minimum Gasteiger partial charge on any atom is -1.00 e. The van der Waals surface area contributed by atoms with Gasteiger partial charge in [-0.1, -0.05) is 0 Å². The first-order valence-electron chi connectivity index (χ1n) is 3.03. The maximum absolute atomic E-state index is 10.1. The van der Waals surface area contributed by atoms with Crippen LogP contribution in [0.3, 0.4) is 0 Å². The average Bonchev–Trinajstić information content (AvgIpc) is 1.88. The first-order valence-corrected chi connectivity index (χ1v) is 4.64. The SMILES string of the molecule is CCO[SiH](C=O)OCC.[H-].[Na+]. The molecule has 0 atom stereocenters. The molecule has 0 amide bonds. The molecule has 10 heavy (non-hydrogen) atoms. The molecule has 56 valence electrons. The molecular formula is C5H13NaO3Si. The third-order valence-corrected chi connectivity index (χ3v) is 2.32. The van der Waals surface area contributed by atoms with Crippen molar-refractivity contribution in [2.75, 3.05) is 13.2 Å². The molecule has 0 unspecified atom stereocenters. The molecule has 0 aliphatic carbocycles. The fourth-order valence-corrected chi connectivity index (χ4v) is 1.37. The largest absolute Gasteiger partial charge is 1.00 e. The zero-order valence-corrected chi connectivity index (χ0v) is 9.95. The summed E-state index contributed by atoms with van der Waals surface area (Å²) in [6.45, 7) is 4.83. The van der Waals surface area contributed by atoms with Gasteiger partial charge in [0.15, 0.2) is 5.91 Å². The second-order valence-electron chi connectivity index (χ2n) is 1.42. The van der Waals surface area contributed by atoms with Crippen LogP contribution in [0, 0.1) is 0 Å². The fourth-order valence-electron chi connectivity index (χ4n) is 0.455. The van der Waals surface area contributed by atoms with Gasteiger partial charge in [0.05, 0.1) is 0 Å². The van der Waals surface area contributed by atoms with Crippen LogP contribution in [-0.4, -0.2) is 28.4 Å². The summed E-state index contributed by atoms with van der Waals surface area (Å²) in [6, 6.07) is 0. The van der Waals surface area contributed by atoms with Crippen molar-refractivity contribution >= 4 is 15.2 Å². The molecule has 0 spiro atoms. The Bertz CT molecular complexity index is 80.1. The zero-order valence-electron chi connectivity index (χ0n) is 7.79. The van der Waals surface area contributed by atoms with Gasteiger partial charge in [0.25, 0.3) is 0 Å². The van der Waals surface area contributed by atoms with Crippen molar-refractivity contribution < 1.29 is 44.6 Å². The average molecular weight is 172 g/mol. The van der Waals surface area contributed by atoms with Crippen LogP contribution in [-0.2, 0) is 13.6 Å². The normalized spacial score (nSPS) is 9.10. The quantitative estimate of drug-likeness (QED) is 0.331. The molecule has 0 bridgehead atoms. The van der Waals surface area contributed by atoms with Crippen LogP contribution in [0.25, 0.3) is 0 Å². The van der Waals surface area contributed by atoms with E-state index in [1.165, 1.54) is 0 Å². The third-order valence-electron chi connectivity index (χ3n) is 0.773. The van der Waals surface area contributed by atoms with Gasteiger partial charge in [-0.05, 0) is 13.8 Å². The summed E-state index contributed by atoms with van der Waals surface area (Å²) in [5.41, 5.74) is 0. The van der Waals surface area contributed by atoms with E-state index in [9.17, 15) is 4.79 Å². The summed E-state index contributed by atoms with van der Waals surface area (Å²) in [6.07, 6.45) is 0. The van der Waals surface area contributed by atoms with Crippen molar-refractivity contribution in [1.82, 2.24) is 0 Å². The van der Waals surface area contributed by atoms with E-state index < -0.39 is 9.28 Å². The molecule has 3 nitrogen and oxygen atoms in total. The number of hydrogen-bond donors (Lipinski definition) is 0. The van der Waals surface area contributed by atoms with Crippen molar-refractivity contribution in [3.63, 3.8) is 0 Å². The van der Waals surface area contributed by atoms with Gasteiger partial charge < -0.3 is 15.1 Å². The molecule has 0 aliphatic rings. The second kappa shape index (κ2) is 9.81. The molecule has 0 saturated heterocycles. The van der Waals surface area contributed by atoms with Gasteiger partial charge in [0, 0.05) is 13.2 Å². The van der Waals surface area contributed by atoms with Crippen LogP contribution < -0.4 is 29.6 Å². The summed E-state index contributed by atoms with van der Waals surface area (Å²) in [5, 5.41) is 0. The predicted octanol–water partition coefficient (Wildman–Crippen LogP) is -2.83. The van der Waals surface area contributed by atoms with Crippen LogP contribution in [0.4, 0.5) is 0 Å². The molecule has 0 aromatic rings. The van der Waals surface area contributed by atoms with Crippen LogP contribution in [0.15, 0.2) is 0 Å². The Morgan fingerprint density at radius 3 is 2.00 bits per heavy atom. The molecule has 0 saturated carbocycles. The van der Waals surface area contributed by atoms with Gasteiger partial charge in [0.1, 0.15) is 0 Å². The Balaban J connectivity index is -0.000000320. The molecular weight excluding hydrogens is 159 g/mol. The fraction of sp³-hybridized carbons (Fsp3) is 0.800. The summed E-state index contributed by atoms with van der Waals surface area (Å²) >= 11 is 0. The summed E-state index contributed by atoms with van der Waals surface area (Å²) in [7, 11) is -1.89. The van der Waals surface area contributed by atoms with E-state index in [0.717, 1.165) is 5.91 Å². The van der Waals surface area contributed by atoms with Crippen molar-refractivity contribution in [1.29, 1.82) is 0 Å².